The molecular formula is C32H30F3N3O5S. The van der Waals surface area contributed by atoms with Crippen LogP contribution in [0, 0.1) is 6.92 Å². The molecule has 2 saturated heterocycles. The lowest BCUT2D eigenvalue weighted by Crippen LogP contribution is -2.45. The fraction of sp³-hybridized carbons (Fsp3) is 0.406. The molecule has 0 radical (unpaired) electrons. The predicted molar refractivity (Wildman–Crippen MR) is 157 cm³/mol. The van der Waals surface area contributed by atoms with Gasteiger partial charge in [0.25, 0.3) is 0 Å². The number of piperidine rings is 1. The highest BCUT2D eigenvalue weighted by molar-refractivity contribution is 7.14. The van der Waals surface area contributed by atoms with Crippen LogP contribution in [0.25, 0.3) is 22.5 Å². The molecule has 0 amide bonds. The minimum absolute atomic E-state index is 0.0223. The molecule has 4 heterocycles. The van der Waals surface area contributed by atoms with Crippen LogP contribution in [-0.2, 0) is 11.3 Å². The summed E-state index contributed by atoms with van der Waals surface area (Å²) in [5.41, 5.74) is 3.93. The van der Waals surface area contributed by atoms with Crippen molar-refractivity contribution in [2.75, 3.05) is 4.90 Å². The number of fused-ring (bicyclic) bond motifs is 2. The number of alkyl halides is 3. The van der Waals surface area contributed by atoms with Crippen molar-refractivity contribution in [1.29, 1.82) is 0 Å². The number of nitrogens with zero attached hydrogens (tertiary/aromatic N) is 3. The number of aromatic carboxylic acids is 1. The smallest absolute Gasteiger partial charge is 0.478 e. The molecule has 2 aromatic carbocycles. The molecule has 4 aromatic rings. The Morgan fingerprint density at radius 2 is 1.86 bits per heavy atom. The van der Waals surface area contributed by atoms with Gasteiger partial charge in [-0.2, -0.15) is 0 Å². The standard InChI is InChI=1S/C32H30F3N3O5S/c1-17-12-19(8-11-23(17)30(39)40)26-16-44-31(36-26)38-20-9-10-21(38)14-22(13-20)41-15-25-28(37-43-29(25)18-6-7-18)24-4-2-3-5-27(24)42-32(33,34)35/h2-5,8,11-12,16,18,20-22H,6-7,9-10,13-15H2,1H3,(H,39,40)/t20-,21+,22?. The Kier molecular flexibility index (Phi) is 7.36. The minimum Gasteiger partial charge on any atom is -0.478 e. The fourth-order valence-electron chi connectivity index (χ4n) is 6.57. The zero-order valence-electron chi connectivity index (χ0n) is 23.8. The van der Waals surface area contributed by atoms with Crippen molar-refractivity contribution in [2.24, 2.45) is 0 Å². The number of anilines is 1. The van der Waals surface area contributed by atoms with Gasteiger partial charge < -0.3 is 24.0 Å². The van der Waals surface area contributed by atoms with Crippen molar-refractivity contribution in [3.63, 3.8) is 0 Å². The van der Waals surface area contributed by atoms with E-state index in [0.717, 1.165) is 54.9 Å². The quantitative estimate of drug-likeness (QED) is 0.200. The molecule has 3 atom stereocenters. The Bertz CT molecular complexity index is 1680. The maximum atomic E-state index is 13.1. The molecule has 3 fully saturated rings. The molecule has 1 N–H and O–H groups in total. The van der Waals surface area contributed by atoms with Crippen LogP contribution in [0.2, 0.25) is 0 Å². The zero-order valence-corrected chi connectivity index (χ0v) is 24.7. The molecule has 1 aliphatic carbocycles. The molecule has 7 rings (SSSR count). The monoisotopic (exact) mass is 625 g/mol. The molecule has 12 heteroatoms. The van der Waals surface area contributed by atoms with E-state index in [-0.39, 0.29) is 47.6 Å². The van der Waals surface area contributed by atoms with Crippen molar-refractivity contribution in [2.45, 2.75) is 82.5 Å². The lowest BCUT2D eigenvalue weighted by molar-refractivity contribution is -0.274. The average Bonchev–Trinajstić information content (AvgIpc) is 3.44. The van der Waals surface area contributed by atoms with E-state index in [2.05, 4.69) is 14.8 Å². The highest BCUT2D eigenvalue weighted by Gasteiger charge is 2.43. The van der Waals surface area contributed by atoms with Crippen LogP contribution >= 0.6 is 11.3 Å². The van der Waals surface area contributed by atoms with Crippen molar-refractivity contribution < 1.29 is 37.1 Å². The number of ether oxygens (including phenoxy) is 2. The second kappa shape index (κ2) is 11.2. The first-order valence-corrected chi connectivity index (χ1v) is 15.6. The highest BCUT2D eigenvalue weighted by Crippen LogP contribution is 2.47. The maximum Gasteiger partial charge on any atom is 0.573 e. The summed E-state index contributed by atoms with van der Waals surface area (Å²) in [5, 5.41) is 16.5. The van der Waals surface area contributed by atoms with Gasteiger partial charge in [-0.15, -0.1) is 24.5 Å². The predicted octanol–water partition coefficient (Wildman–Crippen LogP) is 7.96. The molecule has 1 saturated carbocycles. The zero-order chi connectivity index (χ0) is 30.6. The molecule has 3 aliphatic rings. The van der Waals surface area contributed by atoms with Crippen LogP contribution in [0.15, 0.2) is 52.4 Å². The van der Waals surface area contributed by atoms with Crippen LogP contribution in [0.1, 0.15) is 71.7 Å². The number of para-hydroxylation sites is 1. The Hall–Kier alpha value is -3.90. The van der Waals surface area contributed by atoms with E-state index in [1.807, 2.05) is 11.4 Å². The van der Waals surface area contributed by atoms with Gasteiger partial charge in [-0.25, -0.2) is 9.78 Å². The van der Waals surface area contributed by atoms with E-state index in [1.165, 1.54) is 12.1 Å². The average molecular weight is 626 g/mol. The Labute approximate surface area is 255 Å². The normalized spacial score (nSPS) is 21.5. The number of hydrogen-bond acceptors (Lipinski definition) is 8. The first-order valence-electron chi connectivity index (χ1n) is 14.7. The molecule has 0 spiro atoms. The lowest BCUT2D eigenvalue weighted by Gasteiger charge is -2.38. The third-order valence-corrected chi connectivity index (χ3v) is 9.61. The van der Waals surface area contributed by atoms with Crippen molar-refractivity contribution >= 4 is 22.4 Å². The van der Waals surface area contributed by atoms with Crippen molar-refractivity contribution in [3.05, 3.63) is 70.3 Å². The molecule has 1 unspecified atom stereocenters. The first kappa shape index (κ1) is 28.8. The SMILES string of the molecule is Cc1cc(-c2csc(N3[C@@H]4CC[C@H]3CC(OCc3c(-c5ccccc5OC(F)(F)F)noc3C3CC3)C4)n2)ccc1C(=O)O. The van der Waals surface area contributed by atoms with Gasteiger partial charge in [0.2, 0.25) is 0 Å². The number of aromatic nitrogens is 2. The summed E-state index contributed by atoms with van der Waals surface area (Å²) in [7, 11) is 0. The number of carbonyl (C=O) groups is 1. The summed E-state index contributed by atoms with van der Waals surface area (Å²) in [6, 6.07) is 11.8. The molecule has 2 aliphatic heterocycles. The van der Waals surface area contributed by atoms with Gasteiger partial charge in [0.15, 0.2) is 5.13 Å². The molecular weight excluding hydrogens is 595 g/mol. The summed E-state index contributed by atoms with van der Waals surface area (Å²) in [6.07, 6.45) is 0.722. The third-order valence-electron chi connectivity index (χ3n) is 8.75. The van der Waals surface area contributed by atoms with Crippen LogP contribution in [0.5, 0.6) is 5.75 Å². The highest BCUT2D eigenvalue weighted by atomic mass is 32.1. The summed E-state index contributed by atoms with van der Waals surface area (Å²) in [6.45, 7) is 1.98. The molecule has 2 bridgehead atoms. The number of carboxylic acids is 1. The fourth-order valence-corrected chi connectivity index (χ4v) is 7.55. The Balaban J connectivity index is 1.06. The molecule has 230 valence electrons. The number of hydrogen-bond donors (Lipinski definition) is 1. The van der Waals surface area contributed by atoms with Crippen LogP contribution in [0.3, 0.4) is 0 Å². The van der Waals surface area contributed by atoms with Crippen LogP contribution < -0.4 is 9.64 Å². The van der Waals surface area contributed by atoms with Gasteiger partial charge in [-0.1, -0.05) is 23.4 Å². The number of benzene rings is 2. The number of aryl methyl sites for hydroxylation is 1. The summed E-state index contributed by atoms with van der Waals surface area (Å²) in [4.78, 5) is 18.7. The van der Waals surface area contributed by atoms with E-state index in [1.54, 1.807) is 42.5 Å². The van der Waals surface area contributed by atoms with E-state index in [0.29, 0.717) is 22.6 Å². The second-order valence-electron chi connectivity index (χ2n) is 11.7. The first-order chi connectivity index (χ1) is 21.1. The third kappa shape index (κ3) is 5.68. The number of rotatable bonds is 9. The summed E-state index contributed by atoms with van der Waals surface area (Å²) >= 11 is 1.59. The minimum atomic E-state index is -4.83. The topological polar surface area (TPSA) is 97.9 Å². The van der Waals surface area contributed by atoms with Crippen LogP contribution in [0.4, 0.5) is 18.3 Å². The van der Waals surface area contributed by atoms with Gasteiger partial charge in [0, 0.05) is 40.1 Å². The Morgan fingerprint density at radius 1 is 1.11 bits per heavy atom. The summed E-state index contributed by atoms with van der Waals surface area (Å²) < 4.78 is 55.9. The number of carboxylic acid groups (broad SMARTS) is 1. The van der Waals surface area contributed by atoms with Gasteiger partial charge in [0.05, 0.1) is 24.0 Å². The van der Waals surface area contributed by atoms with E-state index < -0.39 is 12.3 Å². The number of halogens is 3. The second-order valence-corrected chi connectivity index (χ2v) is 12.6. The Morgan fingerprint density at radius 3 is 2.55 bits per heavy atom. The van der Waals surface area contributed by atoms with Crippen molar-refractivity contribution in [1.82, 2.24) is 10.1 Å². The van der Waals surface area contributed by atoms with Crippen LogP contribution in [-0.4, -0.2) is 45.8 Å². The summed E-state index contributed by atoms with van der Waals surface area (Å²) in [5.74, 6) is -0.381. The van der Waals surface area contributed by atoms with E-state index >= 15 is 0 Å². The van der Waals surface area contributed by atoms with Crippen molar-refractivity contribution in [3.8, 4) is 28.3 Å². The molecule has 2 aromatic heterocycles. The molecule has 8 nitrogen and oxygen atoms in total. The largest absolute Gasteiger partial charge is 0.573 e. The number of thiazole rings is 1. The van der Waals surface area contributed by atoms with Gasteiger partial charge >= 0.3 is 12.3 Å². The lowest BCUT2D eigenvalue weighted by atomic mass is 9.99. The van der Waals surface area contributed by atoms with Gasteiger partial charge in [0.1, 0.15) is 17.2 Å². The van der Waals surface area contributed by atoms with E-state index in [4.69, 9.17) is 14.2 Å². The van der Waals surface area contributed by atoms with Gasteiger partial charge in [-0.05, 0) is 75.3 Å². The van der Waals surface area contributed by atoms with E-state index in [9.17, 15) is 23.1 Å². The van der Waals surface area contributed by atoms with Gasteiger partial charge in [-0.3, -0.25) is 0 Å². The molecule has 44 heavy (non-hydrogen) atoms. The maximum absolute atomic E-state index is 13.1.